The van der Waals surface area contributed by atoms with E-state index in [-0.39, 0.29) is 17.3 Å². The molecule has 2 aromatic rings. The Morgan fingerprint density at radius 3 is 2.69 bits per heavy atom. The standard InChI is InChI=1S/C20H22N2O3S/c1-15(26-14-16-6-3-2-4-7-16)19(23)21-13-17-8-5-9-18(12-17)22-10-11-25-20(22)24/h2-9,12,15H,10-11,13-14H2,1H3,(H,21,23). The lowest BCUT2D eigenvalue weighted by Crippen LogP contribution is -2.30. The summed E-state index contributed by atoms with van der Waals surface area (Å²) in [6.45, 7) is 3.32. The van der Waals surface area contributed by atoms with E-state index in [1.807, 2.05) is 49.4 Å². The number of anilines is 1. The van der Waals surface area contributed by atoms with Gasteiger partial charge in [-0.25, -0.2) is 4.79 Å². The second kappa shape index (κ2) is 8.76. The number of nitrogens with one attached hydrogen (secondary N) is 1. The number of carbonyl (C=O) groups excluding carboxylic acids is 2. The average Bonchev–Trinajstić information content (AvgIpc) is 3.11. The van der Waals surface area contributed by atoms with Crippen LogP contribution in [0.15, 0.2) is 54.6 Å². The van der Waals surface area contributed by atoms with Gasteiger partial charge in [0.15, 0.2) is 0 Å². The molecular weight excluding hydrogens is 348 g/mol. The molecule has 1 N–H and O–H groups in total. The van der Waals surface area contributed by atoms with Crippen molar-refractivity contribution >= 4 is 29.4 Å². The van der Waals surface area contributed by atoms with Gasteiger partial charge in [-0.3, -0.25) is 9.69 Å². The van der Waals surface area contributed by atoms with E-state index in [0.29, 0.717) is 19.7 Å². The molecule has 1 heterocycles. The van der Waals surface area contributed by atoms with Crippen LogP contribution in [0.25, 0.3) is 0 Å². The molecule has 1 aliphatic rings. The van der Waals surface area contributed by atoms with Crippen molar-refractivity contribution in [2.24, 2.45) is 0 Å². The second-order valence-electron chi connectivity index (χ2n) is 6.09. The van der Waals surface area contributed by atoms with Crippen LogP contribution in [0.4, 0.5) is 10.5 Å². The van der Waals surface area contributed by atoms with E-state index in [1.165, 1.54) is 5.56 Å². The zero-order valence-electron chi connectivity index (χ0n) is 14.7. The lowest BCUT2D eigenvalue weighted by molar-refractivity contribution is -0.120. The maximum Gasteiger partial charge on any atom is 0.414 e. The van der Waals surface area contributed by atoms with Crippen LogP contribution in [0.5, 0.6) is 0 Å². The quantitative estimate of drug-likeness (QED) is 0.809. The first-order valence-corrected chi connectivity index (χ1v) is 9.65. The zero-order valence-corrected chi connectivity index (χ0v) is 15.5. The summed E-state index contributed by atoms with van der Waals surface area (Å²) in [6.07, 6.45) is -0.322. The fourth-order valence-corrected chi connectivity index (χ4v) is 3.54. The number of cyclic esters (lactones) is 1. The number of ether oxygens (including phenoxy) is 1. The number of carbonyl (C=O) groups is 2. The summed E-state index contributed by atoms with van der Waals surface area (Å²) in [5.41, 5.74) is 2.96. The Hall–Kier alpha value is -2.47. The fraction of sp³-hybridized carbons (Fsp3) is 0.300. The van der Waals surface area contributed by atoms with E-state index < -0.39 is 0 Å². The maximum atomic E-state index is 12.3. The Kier molecular flexibility index (Phi) is 6.17. The van der Waals surface area contributed by atoms with Crippen LogP contribution in [-0.2, 0) is 21.8 Å². The predicted molar refractivity (Wildman–Crippen MR) is 104 cm³/mol. The van der Waals surface area contributed by atoms with Crippen LogP contribution >= 0.6 is 11.8 Å². The number of rotatable bonds is 7. The monoisotopic (exact) mass is 370 g/mol. The lowest BCUT2D eigenvalue weighted by atomic mass is 10.2. The van der Waals surface area contributed by atoms with Crippen molar-refractivity contribution in [1.82, 2.24) is 5.32 Å². The molecule has 2 aromatic carbocycles. The van der Waals surface area contributed by atoms with Crippen LogP contribution in [0.2, 0.25) is 0 Å². The summed E-state index contributed by atoms with van der Waals surface area (Å²) in [6, 6.07) is 17.7. The average molecular weight is 370 g/mol. The molecule has 0 bridgehead atoms. The Labute approximate surface area is 157 Å². The zero-order chi connectivity index (χ0) is 18.4. The second-order valence-corrected chi connectivity index (χ2v) is 7.42. The number of hydrogen-bond donors (Lipinski definition) is 1. The lowest BCUT2D eigenvalue weighted by Gasteiger charge is -2.15. The summed E-state index contributed by atoms with van der Waals surface area (Å²) in [5.74, 6) is 0.819. The number of amides is 2. The fourth-order valence-electron chi connectivity index (χ4n) is 2.67. The number of hydrogen-bond acceptors (Lipinski definition) is 4. The largest absolute Gasteiger partial charge is 0.447 e. The molecule has 0 aliphatic carbocycles. The molecule has 2 amide bonds. The highest BCUT2D eigenvalue weighted by molar-refractivity contribution is 7.99. The highest BCUT2D eigenvalue weighted by Crippen LogP contribution is 2.21. The molecule has 26 heavy (non-hydrogen) atoms. The number of benzene rings is 2. The minimum absolute atomic E-state index is 0.0110. The van der Waals surface area contributed by atoms with Crippen LogP contribution in [-0.4, -0.2) is 30.4 Å². The smallest absolute Gasteiger partial charge is 0.414 e. The van der Waals surface area contributed by atoms with Gasteiger partial charge in [0.25, 0.3) is 0 Å². The van der Waals surface area contributed by atoms with E-state index in [9.17, 15) is 9.59 Å². The minimum atomic E-state index is -0.322. The van der Waals surface area contributed by atoms with E-state index in [4.69, 9.17) is 4.74 Å². The third-order valence-corrected chi connectivity index (χ3v) is 5.38. The SMILES string of the molecule is CC(SCc1ccccc1)C(=O)NCc1cccc(N2CCOC2=O)c1. The predicted octanol–water partition coefficient (Wildman–Crippen LogP) is 3.58. The Morgan fingerprint density at radius 2 is 1.96 bits per heavy atom. The summed E-state index contributed by atoms with van der Waals surface area (Å²) in [7, 11) is 0. The first-order valence-electron chi connectivity index (χ1n) is 8.60. The molecule has 1 fully saturated rings. The van der Waals surface area contributed by atoms with Crippen molar-refractivity contribution in [3.05, 3.63) is 65.7 Å². The van der Waals surface area contributed by atoms with Gasteiger partial charge in [-0.05, 0) is 30.2 Å². The van der Waals surface area contributed by atoms with Gasteiger partial charge in [0, 0.05) is 18.0 Å². The van der Waals surface area contributed by atoms with Crippen molar-refractivity contribution < 1.29 is 14.3 Å². The molecule has 1 saturated heterocycles. The van der Waals surface area contributed by atoms with Gasteiger partial charge in [-0.1, -0.05) is 42.5 Å². The van der Waals surface area contributed by atoms with Crippen molar-refractivity contribution in [3.8, 4) is 0 Å². The van der Waals surface area contributed by atoms with E-state index >= 15 is 0 Å². The van der Waals surface area contributed by atoms with Crippen LogP contribution < -0.4 is 10.2 Å². The van der Waals surface area contributed by atoms with Gasteiger partial charge >= 0.3 is 6.09 Å². The van der Waals surface area contributed by atoms with Crippen LogP contribution in [0.3, 0.4) is 0 Å². The Bertz CT molecular complexity index is 767. The molecule has 0 spiro atoms. The Balaban J connectivity index is 1.50. The van der Waals surface area contributed by atoms with Crippen molar-refractivity contribution in [3.63, 3.8) is 0 Å². The molecule has 1 atom stereocenters. The van der Waals surface area contributed by atoms with Gasteiger partial charge in [0.2, 0.25) is 5.91 Å². The molecule has 1 unspecified atom stereocenters. The maximum absolute atomic E-state index is 12.3. The van der Waals surface area contributed by atoms with Gasteiger partial charge in [0.05, 0.1) is 11.8 Å². The summed E-state index contributed by atoms with van der Waals surface area (Å²) >= 11 is 1.62. The normalized spacial score (nSPS) is 14.8. The molecule has 3 rings (SSSR count). The van der Waals surface area contributed by atoms with Crippen molar-refractivity contribution in [1.29, 1.82) is 0 Å². The van der Waals surface area contributed by atoms with Crippen LogP contribution in [0.1, 0.15) is 18.1 Å². The van der Waals surface area contributed by atoms with Gasteiger partial charge in [0.1, 0.15) is 6.61 Å². The topological polar surface area (TPSA) is 58.6 Å². The summed E-state index contributed by atoms with van der Waals surface area (Å²) < 4.78 is 4.97. The minimum Gasteiger partial charge on any atom is -0.447 e. The molecule has 0 aromatic heterocycles. The summed E-state index contributed by atoms with van der Waals surface area (Å²) in [4.78, 5) is 25.6. The Morgan fingerprint density at radius 1 is 1.19 bits per heavy atom. The molecule has 0 saturated carbocycles. The van der Waals surface area contributed by atoms with E-state index in [0.717, 1.165) is 17.0 Å². The molecular formula is C20H22N2O3S. The molecule has 1 aliphatic heterocycles. The highest BCUT2D eigenvalue weighted by Gasteiger charge is 2.23. The molecule has 5 nitrogen and oxygen atoms in total. The van der Waals surface area contributed by atoms with Crippen LogP contribution in [0, 0.1) is 0 Å². The molecule has 6 heteroatoms. The number of nitrogens with zero attached hydrogens (tertiary/aromatic N) is 1. The third-order valence-electron chi connectivity index (χ3n) is 4.16. The molecule has 0 radical (unpaired) electrons. The van der Waals surface area contributed by atoms with E-state index in [1.54, 1.807) is 16.7 Å². The highest BCUT2D eigenvalue weighted by atomic mass is 32.2. The molecule has 136 valence electrons. The third kappa shape index (κ3) is 4.79. The van der Waals surface area contributed by atoms with Gasteiger partial charge < -0.3 is 10.1 Å². The van der Waals surface area contributed by atoms with Gasteiger partial charge in [-0.15, -0.1) is 11.8 Å². The number of thioether (sulfide) groups is 1. The first-order chi connectivity index (χ1) is 12.6. The van der Waals surface area contributed by atoms with Crippen molar-refractivity contribution in [2.45, 2.75) is 24.5 Å². The first kappa shape index (κ1) is 18.3. The van der Waals surface area contributed by atoms with Crippen molar-refractivity contribution in [2.75, 3.05) is 18.1 Å². The summed E-state index contributed by atoms with van der Waals surface area (Å²) in [5, 5.41) is 2.84. The van der Waals surface area contributed by atoms with E-state index in [2.05, 4.69) is 17.4 Å². The van der Waals surface area contributed by atoms with Gasteiger partial charge in [-0.2, -0.15) is 0 Å².